The molecule has 2 N–H and O–H groups in total. The second kappa shape index (κ2) is 2.26. The van der Waals surface area contributed by atoms with E-state index in [2.05, 4.69) is 10.8 Å². The van der Waals surface area contributed by atoms with Gasteiger partial charge in [0.05, 0.1) is 0 Å². The molecule has 1 rings (SSSR count). The maximum atomic E-state index is 4.97. The highest BCUT2D eigenvalue weighted by Crippen LogP contribution is 1.92. The van der Waals surface area contributed by atoms with Crippen molar-refractivity contribution in [3.8, 4) is 0 Å². The van der Waals surface area contributed by atoms with Gasteiger partial charge in [-0.05, 0) is 0 Å². The molecule has 1 aliphatic heterocycles. The largest absolute Gasteiger partial charge is 0.311 e. The van der Waals surface area contributed by atoms with Gasteiger partial charge >= 0.3 is 0 Å². The third kappa shape index (κ3) is 1.12. The summed E-state index contributed by atoms with van der Waals surface area (Å²) in [6.07, 6.45) is 0.407. The zero-order valence-electron chi connectivity index (χ0n) is 4.40. The summed E-state index contributed by atoms with van der Waals surface area (Å²) in [5.74, 6) is 0. The Hall–Kier alpha value is -0.120. The molecule has 3 nitrogen and oxygen atoms in total. The molecule has 3 heteroatoms. The van der Waals surface area contributed by atoms with Crippen LogP contribution in [0.4, 0.5) is 0 Å². The van der Waals surface area contributed by atoms with Crippen molar-refractivity contribution >= 4 is 0 Å². The quantitative estimate of drug-likeness (QED) is 0.444. The van der Waals surface area contributed by atoms with Crippen molar-refractivity contribution in [2.45, 2.75) is 6.10 Å². The molecule has 0 radical (unpaired) electrons. The third-order valence-electron chi connectivity index (χ3n) is 1.03. The maximum Gasteiger partial charge on any atom is 0.104 e. The fourth-order valence-corrected chi connectivity index (χ4v) is 0.512. The summed E-state index contributed by atoms with van der Waals surface area (Å²) in [6, 6.07) is 0. The second-order valence-electron chi connectivity index (χ2n) is 1.60. The topological polar surface area (TPSA) is 33.3 Å². The van der Waals surface area contributed by atoms with Gasteiger partial charge in [0.15, 0.2) is 0 Å². The molecule has 0 aromatic rings. The molecule has 1 heterocycles. The second-order valence-corrected chi connectivity index (χ2v) is 1.60. The van der Waals surface area contributed by atoms with Gasteiger partial charge in [0.2, 0.25) is 0 Å². The maximum absolute atomic E-state index is 4.97. The highest BCUT2D eigenvalue weighted by Gasteiger charge is 2.15. The lowest BCUT2D eigenvalue weighted by atomic mass is 10.2. The molecule has 0 spiro atoms. The molecule has 7 heavy (non-hydrogen) atoms. The van der Waals surface area contributed by atoms with E-state index in [4.69, 9.17) is 4.84 Å². The Kier molecular flexibility index (Phi) is 1.62. The average molecular weight is 102 g/mol. The van der Waals surface area contributed by atoms with Crippen LogP contribution in [0.5, 0.6) is 0 Å². The van der Waals surface area contributed by atoms with Gasteiger partial charge in [-0.15, -0.1) is 0 Å². The molecule has 42 valence electrons. The Bertz CT molecular complexity index is 53.7. The van der Waals surface area contributed by atoms with E-state index >= 15 is 0 Å². The molecule has 0 bridgehead atoms. The smallest absolute Gasteiger partial charge is 0.104 e. The first-order chi connectivity index (χ1) is 3.43. The van der Waals surface area contributed by atoms with E-state index in [0.717, 1.165) is 13.1 Å². The first kappa shape index (κ1) is 5.03. The van der Waals surface area contributed by atoms with Crippen LogP contribution in [0.15, 0.2) is 0 Å². The Morgan fingerprint density at radius 3 is 2.57 bits per heavy atom. The molecule has 1 fully saturated rings. The lowest BCUT2D eigenvalue weighted by molar-refractivity contribution is -0.0381. The van der Waals surface area contributed by atoms with Crippen LogP contribution in [-0.2, 0) is 4.84 Å². The van der Waals surface area contributed by atoms with Crippen molar-refractivity contribution < 1.29 is 4.84 Å². The van der Waals surface area contributed by atoms with E-state index in [0.29, 0.717) is 6.10 Å². The highest BCUT2D eigenvalue weighted by molar-refractivity contribution is 4.73. The monoisotopic (exact) mass is 102 g/mol. The number of hydroxylamine groups is 1. The van der Waals surface area contributed by atoms with Gasteiger partial charge in [-0.1, -0.05) is 0 Å². The van der Waals surface area contributed by atoms with Crippen LogP contribution in [0.2, 0.25) is 0 Å². The van der Waals surface area contributed by atoms with Gasteiger partial charge in [-0.2, -0.15) is 0 Å². The molecule has 0 saturated carbocycles. The van der Waals surface area contributed by atoms with Gasteiger partial charge in [0, 0.05) is 20.1 Å². The zero-order chi connectivity index (χ0) is 5.11. The van der Waals surface area contributed by atoms with E-state index < -0.39 is 0 Å². The van der Waals surface area contributed by atoms with Crippen molar-refractivity contribution in [2.24, 2.45) is 0 Å². The summed E-state index contributed by atoms with van der Waals surface area (Å²) in [6.45, 7) is 1.97. The molecule has 1 aliphatic rings. The molecule has 0 aromatic carbocycles. The van der Waals surface area contributed by atoms with E-state index in [-0.39, 0.29) is 0 Å². The number of hydrogen-bond donors (Lipinski definition) is 2. The summed E-state index contributed by atoms with van der Waals surface area (Å²) in [5.41, 5.74) is 2.63. The van der Waals surface area contributed by atoms with Gasteiger partial charge in [0.25, 0.3) is 0 Å². The average Bonchev–Trinajstić information content (AvgIpc) is 1.55. The van der Waals surface area contributed by atoms with Crippen molar-refractivity contribution in [2.75, 3.05) is 20.1 Å². The molecule has 0 aliphatic carbocycles. The van der Waals surface area contributed by atoms with Crippen LogP contribution in [-0.4, -0.2) is 26.2 Å². The van der Waals surface area contributed by atoms with Gasteiger partial charge < -0.3 is 5.32 Å². The van der Waals surface area contributed by atoms with Crippen LogP contribution in [0.1, 0.15) is 0 Å². The van der Waals surface area contributed by atoms with E-state index in [9.17, 15) is 0 Å². The lowest BCUT2D eigenvalue weighted by Gasteiger charge is -2.25. The fraction of sp³-hybridized carbons (Fsp3) is 1.00. The number of hydrogen-bond acceptors (Lipinski definition) is 3. The zero-order valence-corrected chi connectivity index (χ0v) is 4.40. The van der Waals surface area contributed by atoms with E-state index in [1.807, 2.05) is 0 Å². The molecule has 0 amide bonds. The van der Waals surface area contributed by atoms with Crippen LogP contribution in [0.25, 0.3) is 0 Å². The highest BCUT2D eigenvalue weighted by atomic mass is 16.7. The minimum atomic E-state index is 0.407. The van der Waals surface area contributed by atoms with Crippen LogP contribution in [0.3, 0.4) is 0 Å². The summed E-state index contributed by atoms with van der Waals surface area (Å²) in [5, 5.41) is 3.08. The van der Waals surface area contributed by atoms with Crippen molar-refractivity contribution in [1.82, 2.24) is 10.8 Å². The molecule has 0 atom stereocenters. The standard InChI is InChI=1S/C4H10N2O/c1-5-7-4-2-6-3-4/h4-6H,2-3H2,1H3. The SMILES string of the molecule is CNOC1CNC1. The summed E-state index contributed by atoms with van der Waals surface area (Å²) < 4.78 is 0. The fourth-order valence-electron chi connectivity index (χ4n) is 0.512. The third-order valence-corrected chi connectivity index (χ3v) is 1.03. The molecule has 1 saturated heterocycles. The van der Waals surface area contributed by atoms with Crippen molar-refractivity contribution in [1.29, 1.82) is 0 Å². The molecular weight excluding hydrogens is 92.1 g/mol. The first-order valence-corrected chi connectivity index (χ1v) is 2.46. The predicted molar refractivity (Wildman–Crippen MR) is 26.8 cm³/mol. The first-order valence-electron chi connectivity index (χ1n) is 2.46. The molecular formula is C4H10N2O. The van der Waals surface area contributed by atoms with Crippen LogP contribution in [0, 0.1) is 0 Å². The normalized spacial score (nSPS) is 21.9. The Morgan fingerprint density at radius 2 is 2.43 bits per heavy atom. The van der Waals surface area contributed by atoms with Crippen LogP contribution >= 0.6 is 0 Å². The minimum absolute atomic E-state index is 0.407. The summed E-state index contributed by atoms with van der Waals surface area (Å²) in [7, 11) is 1.78. The summed E-state index contributed by atoms with van der Waals surface area (Å²) >= 11 is 0. The van der Waals surface area contributed by atoms with E-state index in [1.165, 1.54) is 0 Å². The number of nitrogens with one attached hydrogen (secondary N) is 2. The van der Waals surface area contributed by atoms with Gasteiger partial charge in [-0.25, -0.2) is 5.48 Å². The summed E-state index contributed by atoms with van der Waals surface area (Å²) in [4.78, 5) is 4.97. The Labute approximate surface area is 43.0 Å². The van der Waals surface area contributed by atoms with Gasteiger partial charge in [0.1, 0.15) is 6.10 Å². The van der Waals surface area contributed by atoms with E-state index in [1.54, 1.807) is 7.05 Å². The minimum Gasteiger partial charge on any atom is -0.311 e. The van der Waals surface area contributed by atoms with Crippen LogP contribution < -0.4 is 10.8 Å². The predicted octanol–water partition coefficient (Wildman–Crippen LogP) is -0.891. The molecule has 0 aromatic heterocycles. The van der Waals surface area contributed by atoms with Crippen molar-refractivity contribution in [3.05, 3.63) is 0 Å². The lowest BCUT2D eigenvalue weighted by Crippen LogP contribution is -2.50. The van der Waals surface area contributed by atoms with Crippen molar-refractivity contribution in [3.63, 3.8) is 0 Å². The Morgan fingerprint density at radius 1 is 1.71 bits per heavy atom. The molecule has 0 unspecified atom stereocenters. The van der Waals surface area contributed by atoms with Gasteiger partial charge in [-0.3, -0.25) is 4.84 Å². The number of rotatable bonds is 2. The Balaban J connectivity index is 1.93.